The van der Waals surface area contributed by atoms with Gasteiger partial charge in [-0.2, -0.15) is 0 Å². The first kappa shape index (κ1) is 18.2. The van der Waals surface area contributed by atoms with Gasteiger partial charge < -0.3 is 10.5 Å². The molecule has 2 radical (unpaired) electrons. The monoisotopic (exact) mass is 368 g/mol. The summed E-state index contributed by atoms with van der Waals surface area (Å²) in [5.41, 5.74) is 11.3. The summed E-state index contributed by atoms with van der Waals surface area (Å²) in [6.45, 7) is 6.66. The molecular weight excluding hydrogens is 347 g/mol. The molecule has 1 aromatic heterocycles. The van der Waals surface area contributed by atoms with E-state index in [4.69, 9.17) is 23.3 Å². The lowest BCUT2D eigenvalue weighted by atomic mass is 9.78. The Hall–Kier alpha value is -3.15. The second-order valence-electron chi connectivity index (χ2n) is 6.96. The number of benzene rings is 2. The number of hydrogen-bond acceptors (Lipinski definition) is 5. The van der Waals surface area contributed by atoms with Crippen molar-refractivity contribution in [1.29, 1.82) is 0 Å². The number of aryl methyl sites for hydroxylation is 2. The maximum Gasteiger partial charge on any atom is 0.157 e. The number of ether oxygens (including phenoxy) is 1. The summed E-state index contributed by atoms with van der Waals surface area (Å²) in [4.78, 5) is 14.0. The number of nitrogens with two attached hydrogens (primary N) is 1. The lowest BCUT2D eigenvalue weighted by Crippen LogP contribution is -2.28. The first-order valence-corrected chi connectivity index (χ1v) is 9.25. The Morgan fingerprint density at radius 3 is 2.43 bits per heavy atom. The summed E-state index contributed by atoms with van der Waals surface area (Å²) in [5.74, 6) is 1.26. The van der Waals surface area contributed by atoms with Crippen molar-refractivity contribution < 1.29 is 4.74 Å². The zero-order valence-corrected chi connectivity index (χ0v) is 16.2. The molecule has 0 fully saturated rings. The fourth-order valence-electron chi connectivity index (χ4n) is 3.94. The summed E-state index contributed by atoms with van der Waals surface area (Å²) < 4.78 is 5.82. The van der Waals surface area contributed by atoms with Crippen LogP contribution in [-0.4, -0.2) is 30.3 Å². The normalized spacial score (nSPS) is 17.9. The van der Waals surface area contributed by atoms with E-state index in [2.05, 4.69) is 22.1 Å². The smallest absolute Gasteiger partial charge is 0.157 e. The van der Waals surface area contributed by atoms with Gasteiger partial charge >= 0.3 is 0 Å². The number of fused-ring (bicyclic) bond motifs is 1. The highest BCUT2D eigenvalue weighted by Crippen LogP contribution is 2.45. The SMILES string of the molecule is [B]c1cccc(C2(c3cc(C)c(OCC)c(C)c3)N=C(N)c3nccnc32)c1. The first-order chi connectivity index (χ1) is 13.5. The van der Waals surface area contributed by atoms with Crippen LogP contribution < -0.4 is 15.9 Å². The van der Waals surface area contributed by atoms with Gasteiger partial charge in [-0.05, 0) is 55.2 Å². The number of rotatable bonds is 4. The molecule has 0 aliphatic carbocycles. The van der Waals surface area contributed by atoms with Crippen molar-refractivity contribution in [2.24, 2.45) is 10.7 Å². The molecule has 3 aromatic rings. The van der Waals surface area contributed by atoms with Crippen molar-refractivity contribution in [3.63, 3.8) is 0 Å². The molecule has 0 saturated heterocycles. The van der Waals surface area contributed by atoms with Gasteiger partial charge in [0.25, 0.3) is 0 Å². The summed E-state index contributed by atoms with van der Waals surface area (Å²) in [7, 11) is 6.11. The fourth-order valence-corrected chi connectivity index (χ4v) is 3.94. The molecule has 4 rings (SSSR count). The Kier molecular flexibility index (Phi) is 4.42. The Morgan fingerprint density at radius 1 is 1.04 bits per heavy atom. The van der Waals surface area contributed by atoms with Gasteiger partial charge in [0.1, 0.15) is 30.8 Å². The van der Waals surface area contributed by atoms with Crippen LogP contribution >= 0.6 is 0 Å². The summed E-state index contributed by atoms with van der Waals surface area (Å²) in [6, 6.07) is 11.9. The van der Waals surface area contributed by atoms with Crippen molar-refractivity contribution in [3.05, 3.63) is 82.4 Å². The van der Waals surface area contributed by atoms with Crippen molar-refractivity contribution in [2.75, 3.05) is 6.61 Å². The average Bonchev–Trinajstić information content (AvgIpc) is 2.99. The zero-order valence-electron chi connectivity index (χ0n) is 16.2. The van der Waals surface area contributed by atoms with E-state index in [1.165, 1.54) is 0 Å². The number of aromatic nitrogens is 2. The van der Waals surface area contributed by atoms with Crippen molar-refractivity contribution in [2.45, 2.75) is 26.3 Å². The molecule has 0 bridgehead atoms. The maximum absolute atomic E-state index is 6.28. The molecule has 0 saturated carbocycles. The fraction of sp³-hybridized carbons (Fsp3) is 0.227. The number of aliphatic imine (C=N–C) groups is 1. The van der Waals surface area contributed by atoms with Crippen LogP contribution in [0.25, 0.3) is 0 Å². The van der Waals surface area contributed by atoms with E-state index in [1.54, 1.807) is 12.4 Å². The predicted molar refractivity (Wildman–Crippen MR) is 112 cm³/mol. The summed E-state index contributed by atoms with van der Waals surface area (Å²) >= 11 is 0. The molecule has 5 nitrogen and oxygen atoms in total. The second-order valence-corrected chi connectivity index (χ2v) is 6.96. The average molecular weight is 368 g/mol. The molecule has 1 aliphatic rings. The van der Waals surface area contributed by atoms with Gasteiger partial charge in [-0.1, -0.05) is 29.7 Å². The highest BCUT2D eigenvalue weighted by molar-refractivity contribution is 6.32. The van der Waals surface area contributed by atoms with Crippen LogP contribution in [-0.2, 0) is 5.54 Å². The molecule has 2 N–H and O–H groups in total. The summed E-state index contributed by atoms with van der Waals surface area (Å²) in [5, 5.41) is 0. The topological polar surface area (TPSA) is 73.4 Å². The Bertz CT molecular complexity index is 1070. The molecule has 1 unspecified atom stereocenters. The molecule has 2 heterocycles. The predicted octanol–water partition coefficient (Wildman–Crippen LogP) is 2.30. The van der Waals surface area contributed by atoms with E-state index in [1.807, 2.05) is 45.0 Å². The van der Waals surface area contributed by atoms with E-state index in [0.717, 1.165) is 28.0 Å². The number of hydrogen-bond donors (Lipinski definition) is 1. The quantitative estimate of drug-likeness (QED) is 0.718. The molecule has 1 atom stereocenters. The zero-order chi connectivity index (χ0) is 19.9. The lowest BCUT2D eigenvalue weighted by Gasteiger charge is -2.29. The first-order valence-electron chi connectivity index (χ1n) is 9.25. The van der Waals surface area contributed by atoms with Gasteiger partial charge in [0.15, 0.2) is 5.54 Å². The van der Waals surface area contributed by atoms with Gasteiger partial charge in [-0.15, -0.1) is 0 Å². The second kappa shape index (κ2) is 6.78. The van der Waals surface area contributed by atoms with E-state index in [0.29, 0.717) is 29.3 Å². The van der Waals surface area contributed by atoms with Crippen molar-refractivity contribution >= 4 is 19.1 Å². The van der Waals surface area contributed by atoms with Gasteiger partial charge in [-0.25, -0.2) is 9.98 Å². The van der Waals surface area contributed by atoms with E-state index in [9.17, 15) is 0 Å². The Morgan fingerprint density at radius 2 is 1.75 bits per heavy atom. The van der Waals surface area contributed by atoms with Crippen LogP contribution in [0.1, 0.15) is 40.6 Å². The molecule has 0 amide bonds. The minimum atomic E-state index is -0.899. The third kappa shape index (κ3) is 2.68. The van der Waals surface area contributed by atoms with Gasteiger partial charge in [0, 0.05) is 12.4 Å². The van der Waals surface area contributed by atoms with Crippen LogP contribution in [0.2, 0.25) is 0 Å². The summed E-state index contributed by atoms with van der Waals surface area (Å²) in [6.07, 6.45) is 3.30. The lowest BCUT2D eigenvalue weighted by molar-refractivity contribution is 0.335. The Balaban J connectivity index is 2.05. The van der Waals surface area contributed by atoms with Crippen LogP contribution in [0.5, 0.6) is 5.75 Å². The minimum absolute atomic E-state index is 0.370. The highest BCUT2D eigenvalue weighted by atomic mass is 16.5. The van der Waals surface area contributed by atoms with Crippen LogP contribution in [0.3, 0.4) is 0 Å². The van der Waals surface area contributed by atoms with Crippen molar-refractivity contribution in [3.8, 4) is 5.75 Å². The van der Waals surface area contributed by atoms with E-state index < -0.39 is 5.54 Å². The minimum Gasteiger partial charge on any atom is -0.493 e. The van der Waals surface area contributed by atoms with Crippen LogP contribution in [0.15, 0.2) is 53.8 Å². The van der Waals surface area contributed by atoms with Crippen LogP contribution in [0, 0.1) is 13.8 Å². The molecule has 0 spiro atoms. The molecule has 2 aromatic carbocycles. The maximum atomic E-state index is 6.28. The van der Waals surface area contributed by atoms with Crippen LogP contribution in [0.4, 0.5) is 0 Å². The third-order valence-electron chi connectivity index (χ3n) is 5.04. The highest BCUT2D eigenvalue weighted by Gasteiger charge is 2.45. The molecule has 6 heteroatoms. The molecule has 138 valence electrons. The van der Waals surface area contributed by atoms with Gasteiger partial charge in [0.2, 0.25) is 0 Å². The molecule has 1 aliphatic heterocycles. The third-order valence-corrected chi connectivity index (χ3v) is 5.04. The molecular formula is C22H21BN4O. The van der Waals surface area contributed by atoms with E-state index in [-0.39, 0.29) is 0 Å². The van der Waals surface area contributed by atoms with Crippen molar-refractivity contribution in [1.82, 2.24) is 9.97 Å². The largest absolute Gasteiger partial charge is 0.493 e. The number of amidine groups is 1. The molecule has 28 heavy (non-hydrogen) atoms. The number of nitrogens with zero attached hydrogens (tertiary/aromatic N) is 3. The van der Waals surface area contributed by atoms with Gasteiger partial charge in [-0.3, -0.25) is 4.98 Å². The van der Waals surface area contributed by atoms with E-state index >= 15 is 0 Å². The Labute approximate surface area is 166 Å². The standard InChI is InChI=1S/C22H21BN4O/c1-4-28-19-13(2)10-16(11-14(19)3)22(15-6-5-7-17(23)12-15)20-18(21(24)27-22)25-8-9-26-20/h5-12H,4H2,1-3H3,(H2,24,27). The van der Waals surface area contributed by atoms with Gasteiger partial charge in [0.05, 0.1) is 6.61 Å².